The number of anilines is 1. The Bertz CT molecular complexity index is 699. The Morgan fingerprint density at radius 1 is 1.24 bits per heavy atom. The third kappa shape index (κ3) is 3.54. The number of benzene rings is 1. The topological polar surface area (TPSA) is 107 Å². The molecule has 0 atom stereocenters. The molecule has 0 amide bonds. The molecule has 0 fully saturated rings. The van der Waals surface area contributed by atoms with Crippen LogP contribution in [0, 0.1) is 17.1 Å². The Hall–Kier alpha value is -2.95. The lowest BCUT2D eigenvalue weighted by molar-refractivity contribution is 0.219. The van der Waals surface area contributed by atoms with Crippen LogP contribution in [-0.4, -0.2) is 21.1 Å². The summed E-state index contributed by atoms with van der Waals surface area (Å²) in [6.07, 6.45) is -0.163. The maximum Gasteiger partial charge on any atom is 0.330 e. The van der Waals surface area contributed by atoms with Crippen molar-refractivity contribution in [3.8, 4) is 23.8 Å². The smallest absolute Gasteiger partial charge is 0.330 e. The predicted octanol–water partition coefficient (Wildman–Crippen LogP) is 2.04. The molecule has 2 N–H and O–H groups in total. The highest BCUT2D eigenvalue weighted by atomic mass is 19.1. The predicted molar refractivity (Wildman–Crippen MR) is 71.2 cm³/mol. The molecule has 0 aliphatic carbocycles. The van der Waals surface area contributed by atoms with Gasteiger partial charge in [-0.05, 0) is 26.0 Å². The van der Waals surface area contributed by atoms with E-state index >= 15 is 0 Å². The third-order valence-corrected chi connectivity index (χ3v) is 2.24. The van der Waals surface area contributed by atoms with Crippen LogP contribution in [0.15, 0.2) is 18.2 Å². The summed E-state index contributed by atoms with van der Waals surface area (Å²) in [6.45, 7) is 3.59. The molecule has 0 aliphatic heterocycles. The summed E-state index contributed by atoms with van der Waals surface area (Å²) in [7, 11) is 0. The molecule has 1 aromatic heterocycles. The first-order chi connectivity index (χ1) is 9.99. The van der Waals surface area contributed by atoms with Crippen LogP contribution in [-0.2, 0) is 0 Å². The minimum atomic E-state index is -0.698. The Morgan fingerprint density at radius 3 is 2.62 bits per heavy atom. The number of halogens is 1. The van der Waals surface area contributed by atoms with Crippen LogP contribution in [0.4, 0.5) is 10.3 Å². The SMILES string of the molecule is CC(C)Oc1nc(N)nc(Oc2cccc(F)c2C#N)n1. The summed E-state index contributed by atoms with van der Waals surface area (Å²) in [6, 6.07) is 5.50. The van der Waals surface area contributed by atoms with E-state index in [4.69, 9.17) is 20.5 Å². The van der Waals surface area contributed by atoms with Gasteiger partial charge in [0, 0.05) is 0 Å². The van der Waals surface area contributed by atoms with E-state index in [1.807, 2.05) is 0 Å². The van der Waals surface area contributed by atoms with Crippen molar-refractivity contribution in [1.82, 2.24) is 15.0 Å². The standard InChI is InChI=1S/C13H12FN5O2/c1-7(2)20-12-17-11(16)18-13(19-12)21-10-5-3-4-9(14)8(10)6-15/h3-5,7H,1-2H3,(H2,16,17,18,19). The monoisotopic (exact) mass is 289 g/mol. The highest BCUT2D eigenvalue weighted by Crippen LogP contribution is 2.25. The van der Waals surface area contributed by atoms with E-state index in [0.29, 0.717) is 0 Å². The molecular formula is C13H12FN5O2. The van der Waals surface area contributed by atoms with Crippen molar-refractivity contribution in [3.63, 3.8) is 0 Å². The number of nitrogens with zero attached hydrogens (tertiary/aromatic N) is 4. The van der Waals surface area contributed by atoms with Gasteiger partial charge in [0.1, 0.15) is 17.4 Å². The number of rotatable bonds is 4. The molecule has 0 spiro atoms. The molecule has 0 bridgehead atoms. The molecule has 108 valence electrons. The molecule has 0 aliphatic rings. The van der Waals surface area contributed by atoms with Gasteiger partial charge in [0.2, 0.25) is 5.95 Å². The van der Waals surface area contributed by atoms with E-state index in [1.54, 1.807) is 19.9 Å². The van der Waals surface area contributed by atoms with Crippen molar-refractivity contribution in [1.29, 1.82) is 5.26 Å². The van der Waals surface area contributed by atoms with Crippen LogP contribution in [0.3, 0.4) is 0 Å². The lowest BCUT2D eigenvalue weighted by Gasteiger charge is -2.10. The number of nitrogen functional groups attached to an aromatic ring is 1. The van der Waals surface area contributed by atoms with Gasteiger partial charge in [0.25, 0.3) is 0 Å². The molecule has 2 rings (SSSR count). The van der Waals surface area contributed by atoms with Gasteiger partial charge in [-0.1, -0.05) is 6.07 Å². The second-order valence-corrected chi connectivity index (χ2v) is 4.25. The van der Waals surface area contributed by atoms with Gasteiger partial charge in [0.15, 0.2) is 5.75 Å². The minimum absolute atomic E-state index is 0.0117. The van der Waals surface area contributed by atoms with Gasteiger partial charge in [-0.2, -0.15) is 15.2 Å². The zero-order valence-electron chi connectivity index (χ0n) is 11.4. The zero-order chi connectivity index (χ0) is 15.4. The van der Waals surface area contributed by atoms with E-state index in [-0.39, 0.29) is 35.4 Å². The molecule has 0 unspecified atom stereocenters. The van der Waals surface area contributed by atoms with E-state index in [2.05, 4.69) is 15.0 Å². The second-order valence-electron chi connectivity index (χ2n) is 4.25. The fourth-order valence-electron chi connectivity index (χ4n) is 1.46. The fourth-order valence-corrected chi connectivity index (χ4v) is 1.46. The fraction of sp³-hybridized carbons (Fsp3) is 0.231. The summed E-state index contributed by atoms with van der Waals surface area (Å²) >= 11 is 0. The van der Waals surface area contributed by atoms with E-state index in [1.165, 1.54) is 12.1 Å². The van der Waals surface area contributed by atoms with E-state index in [9.17, 15) is 4.39 Å². The van der Waals surface area contributed by atoms with Gasteiger partial charge >= 0.3 is 12.0 Å². The minimum Gasteiger partial charge on any atom is -0.461 e. The number of nitriles is 1. The Morgan fingerprint density at radius 2 is 1.95 bits per heavy atom. The molecule has 2 aromatic rings. The average Bonchev–Trinajstić information content (AvgIpc) is 2.37. The second kappa shape index (κ2) is 6.00. The first-order valence-corrected chi connectivity index (χ1v) is 6.04. The molecule has 7 nitrogen and oxygen atoms in total. The molecular weight excluding hydrogens is 277 g/mol. The Balaban J connectivity index is 2.34. The number of aromatic nitrogens is 3. The first-order valence-electron chi connectivity index (χ1n) is 6.04. The summed E-state index contributed by atoms with van der Waals surface area (Å²) in [4.78, 5) is 11.4. The van der Waals surface area contributed by atoms with Gasteiger partial charge in [-0.25, -0.2) is 4.39 Å². The van der Waals surface area contributed by atoms with Crippen molar-refractivity contribution in [2.75, 3.05) is 5.73 Å². The van der Waals surface area contributed by atoms with Crippen molar-refractivity contribution in [2.45, 2.75) is 20.0 Å². The van der Waals surface area contributed by atoms with Gasteiger partial charge in [0.05, 0.1) is 6.10 Å². The maximum absolute atomic E-state index is 13.5. The molecule has 21 heavy (non-hydrogen) atoms. The summed E-state index contributed by atoms with van der Waals surface area (Å²) in [5.41, 5.74) is 5.28. The lowest BCUT2D eigenvalue weighted by atomic mass is 10.2. The quantitative estimate of drug-likeness (QED) is 0.917. The Labute approximate surface area is 120 Å². The van der Waals surface area contributed by atoms with Gasteiger partial charge in [-0.3, -0.25) is 0 Å². The van der Waals surface area contributed by atoms with Crippen LogP contribution in [0.25, 0.3) is 0 Å². The number of hydrogen-bond donors (Lipinski definition) is 1. The Kier molecular flexibility index (Phi) is 4.13. The van der Waals surface area contributed by atoms with Gasteiger partial charge < -0.3 is 15.2 Å². The zero-order valence-corrected chi connectivity index (χ0v) is 11.4. The van der Waals surface area contributed by atoms with Crippen LogP contribution >= 0.6 is 0 Å². The normalized spacial score (nSPS) is 10.2. The highest BCUT2D eigenvalue weighted by Gasteiger charge is 2.13. The maximum atomic E-state index is 13.5. The molecule has 1 heterocycles. The molecule has 1 aromatic carbocycles. The van der Waals surface area contributed by atoms with Crippen LogP contribution in [0.5, 0.6) is 17.8 Å². The average molecular weight is 289 g/mol. The summed E-state index contributed by atoms with van der Waals surface area (Å²) in [5, 5.41) is 8.93. The molecule has 8 heteroatoms. The summed E-state index contributed by atoms with van der Waals surface area (Å²) in [5.74, 6) is -0.820. The highest BCUT2D eigenvalue weighted by molar-refractivity contribution is 5.45. The number of nitrogens with two attached hydrogens (primary N) is 1. The van der Waals surface area contributed by atoms with Crippen LogP contribution in [0.2, 0.25) is 0 Å². The molecule has 0 saturated carbocycles. The molecule has 0 radical (unpaired) electrons. The van der Waals surface area contributed by atoms with E-state index < -0.39 is 5.82 Å². The lowest BCUT2D eigenvalue weighted by Crippen LogP contribution is -2.11. The number of hydrogen-bond acceptors (Lipinski definition) is 7. The largest absolute Gasteiger partial charge is 0.461 e. The first kappa shape index (κ1) is 14.5. The van der Waals surface area contributed by atoms with Crippen LogP contribution in [0.1, 0.15) is 19.4 Å². The van der Waals surface area contributed by atoms with Crippen molar-refractivity contribution >= 4 is 5.95 Å². The van der Waals surface area contributed by atoms with Gasteiger partial charge in [-0.15, -0.1) is 4.98 Å². The third-order valence-electron chi connectivity index (χ3n) is 2.24. The van der Waals surface area contributed by atoms with E-state index in [0.717, 1.165) is 6.07 Å². The van der Waals surface area contributed by atoms with Crippen molar-refractivity contribution in [3.05, 3.63) is 29.6 Å². The van der Waals surface area contributed by atoms with Crippen LogP contribution < -0.4 is 15.2 Å². The van der Waals surface area contributed by atoms with Crippen molar-refractivity contribution < 1.29 is 13.9 Å². The number of ether oxygens (including phenoxy) is 2. The molecule has 0 saturated heterocycles. The summed E-state index contributed by atoms with van der Waals surface area (Å²) < 4.78 is 24.1. The van der Waals surface area contributed by atoms with Crippen molar-refractivity contribution in [2.24, 2.45) is 0 Å².